The summed E-state index contributed by atoms with van der Waals surface area (Å²) in [5.41, 5.74) is 0.262. The summed E-state index contributed by atoms with van der Waals surface area (Å²) in [5.74, 6) is 0.678. The summed E-state index contributed by atoms with van der Waals surface area (Å²) < 4.78 is 32.1. The summed E-state index contributed by atoms with van der Waals surface area (Å²) in [6, 6.07) is 8.49. The number of nitrogens with one attached hydrogen (secondary N) is 1. The van der Waals surface area contributed by atoms with E-state index in [0.29, 0.717) is 5.75 Å². The molecule has 0 unspecified atom stereocenters. The average Bonchev–Trinajstić information content (AvgIpc) is 2.70. The molecule has 0 saturated heterocycles. The molecule has 0 bridgehead atoms. The van der Waals surface area contributed by atoms with Crippen LogP contribution in [0.2, 0.25) is 0 Å². The number of aromatic nitrogens is 1. The molecule has 1 aliphatic rings. The molecule has 2 heterocycles. The van der Waals surface area contributed by atoms with Crippen LogP contribution in [0.25, 0.3) is 0 Å². The second-order valence-corrected chi connectivity index (χ2v) is 6.57. The number of hydrogen-bond acceptors (Lipinski definition) is 4. The van der Waals surface area contributed by atoms with Gasteiger partial charge in [-0.25, -0.2) is 8.42 Å². The molecule has 1 aliphatic heterocycles. The molecule has 6 nitrogen and oxygen atoms in total. The molecule has 0 fully saturated rings. The van der Waals surface area contributed by atoms with Crippen molar-refractivity contribution in [3.8, 4) is 5.75 Å². The minimum Gasteiger partial charge on any atom is -0.492 e. The molecule has 1 N–H and O–H groups in total. The Morgan fingerprint density at radius 1 is 1.19 bits per heavy atom. The summed E-state index contributed by atoms with van der Waals surface area (Å²) >= 11 is 0. The van der Waals surface area contributed by atoms with E-state index in [4.69, 9.17) is 4.74 Å². The second kappa shape index (κ2) is 5.34. The number of benzene rings is 1. The van der Waals surface area contributed by atoms with Crippen LogP contribution in [0.5, 0.6) is 5.75 Å². The van der Waals surface area contributed by atoms with E-state index < -0.39 is 15.5 Å². The number of nitrogens with zero attached hydrogens (tertiary/aromatic N) is 1. The van der Waals surface area contributed by atoms with Crippen molar-refractivity contribution in [3.63, 3.8) is 0 Å². The molecule has 0 amide bonds. The number of ether oxygens (including phenoxy) is 1. The Balaban J connectivity index is 2.01. The Hall–Kier alpha value is -2.12. The minimum atomic E-state index is -3.85. The highest BCUT2D eigenvalue weighted by Crippen LogP contribution is 2.25. The van der Waals surface area contributed by atoms with Crippen LogP contribution in [0.1, 0.15) is 5.56 Å². The number of aromatic amines is 1. The van der Waals surface area contributed by atoms with Crippen LogP contribution in [0.4, 0.5) is 0 Å². The number of H-pyrrole nitrogens is 1. The van der Waals surface area contributed by atoms with Crippen LogP contribution >= 0.6 is 0 Å². The van der Waals surface area contributed by atoms with Gasteiger partial charge < -0.3 is 9.72 Å². The number of para-hydroxylation sites is 1. The molecule has 0 atom stereocenters. The van der Waals surface area contributed by atoms with Crippen molar-refractivity contribution in [2.24, 2.45) is 0 Å². The monoisotopic (exact) mass is 306 g/mol. The Morgan fingerprint density at radius 2 is 2.00 bits per heavy atom. The molecule has 0 saturated carbocycles. The molecule has 0 spiro atoms. The highest BCUT2D eigenvalue weighted by molar-refractivity contribution is 7.89. The van der Waals surface area contributed by atoms with Gasteiger partial charge in [0.1, 0.15) is 17.3 Å². The number of hydrogen-bond donors (Lipinski definition) is 1. The third-order valence-electron chi connectivity index (χ3n) is 3.32. The lowest BCUT2D eigenvalue weighted by molar-refractivity contribution is 0.293. The standard InChI is InChI=1S/C14H14N2O4S/c17-12-5-6-15-9-14(12)21(18,19)16-7-8-20-13-4-2-1-3-11(13)10-16/h1-6,9H,7-8,10H2,(H,15,17). The van der Waals surface area contributed by atoms with Gasteiger partial charge in [0.05, 0.1) is 0 Å². The molecule has 21 heavy (non-hydrogen) atoms. The largest absolute Gasteiger partial charge is 0.492 e. The quantitative estimate of drug-likeness (QED) is 0.896. The van der Waals surface area contributed by atoms with E-state index in [9.17, 15) is 13.2 Å². The minimum absolute atomic E-state index is 0.187. The van der Waals surface area contributed by atoms with Crippen molar-refractivity contribution in [2.75, 3.05) is 13.2 Å². The molecule has 3 rings (SSSR count). The SMILES string of the molecule is O=c1cc[nH]cc1S(=O)(=O)N1CCOc2ccccc2C1. The zero-order chi connectivity index (χ0) is 14.9. The van der Waals surface area contributed by atoms with Crippen LogP contribution in [0.3, 0.4) is 0 Å². The van der Waals surface area contributed by atoms with Gasteiger partial charge in [0.25, 0.3) is 0 Å². The second-order valence-electron chi connectivity index (χ2n) is 4.67. The summed E-state index contributed by atoms with van der Waals surface area (Å²) in [5, 5.41) is 0. The highest BCUT2D eigenvalue weighted by Gasteiger charge is 2.29. The molecule has 110 valence electrons. The summed E-state index contributed by atoms with van der Waals surface area (Å²) in [7, 11) is -3.85. The molecular formula is C14H14N2O4S. The first-order valence-corrected chi connectivity index (χ1v) is 7.91. The number of rotatable bonds is 2. The smallest absolute Gasteiger partial charge is 0.248 e. The van der Waals surface area contributed by atoms with Gasteiger partial charge in [-0.3, -0.25) is 4.79 Å². The van der Waals surface area contributed by atoms with Crippen LogP contribution < -0.4 is 10.2 Å². The van der Waals surface area contributed by atoms with Gasteiger partial charge >= 0.3 is 0 Å². The number of sulfonamides is 1. The van der Waals surface area contributed by atoms with E-state index in [0.717, 1.165) is 5.56 Å². The lowest BCUT2D eigenvalue weighted by Crippen LogP contribution is -2.35. The fourth-order valence-electron chi connectivity index (χ4n) is 2.25. The topological polar surface area (TPSA) is 79.5 Å². The van der Waals surface area contributed by atoms with Gasteiger partial charge in [-0.05, 0) is 6.07 Å². The van der Waals surface area contributed by atoms with Gasteiger partial charge in [0.15, 0.2) is 0 Å². The van der Waals surface area contributed by atoms with Crippen LogP contribution in [0.15, 0.2) is 52.4 Å². The Kier molecular flexibility index (Phi) is 3.52. The van der Waals surface area contributed by atoms with Crippen molar-refractivity contribution >= 4 is 10.0 Å². The summed E-state index contributed by atoms with van der Waals surface area (Å²) in [6.07, 6.45) is 2.62. The van der Waals surface area contributed by atoms with Crippen LogP contribution in [0, 0.1) is 0 Å². The molecular weight excluding hydrogens is 292 g/mol. The number of pyridine rings is 1. The van der Waals surface area contributed by atoms with Crippen molar-refractivity contribution < 1.29 is 13.2 Å². The average molecular weight is 306 g/mol. The third kappa shape index (κ3) is 2.57. The number of fused-ring (bicyclic) bond motifs is 1. The molecule has 0 aliphatic carbocycles. The van der Waals surface area contributed by atoms with Crippen LogP contribution in [-0.4, -0.2) is 30.9 Å². The molecule has 0 radical (unpaired) electrons. The molecule has 2 aromatic rings. The summed E-state index contributed by atoms with van der Waals surface area (Å²) in [4.78, 5) is 14.2. The first-order valence-electron chi connectivity index (χ1n) is 6.47. The Labute approximate surface area is 122 Å². The maximum absolute atomic E-state index is 12.6. The van der Waals surface area contributed by atoms with Gasteiger partial charge in [0, 0.05) is 37.1 Å². The normalized spacial score (nSPS) is 15.8. The lowest BCUT2D eigenvalue weighted by Gasteiger charge is -2.18. The fourth-order valence-corrected chi connectivity index (χ4v) is 3.69. The van der Waals surface area contributed by atoms with Crippen molar-refractivity contribution in [2.45, 2.75) is 11.4 Å². The third-order valence-corrected chi connectivity index (χ3v) is 5.19. The highest BCUT2D eigenvalue weighted by atomic mass is 32.2. The molecule has 1 aromatic carbocycles. The van der Waals surface area contributed by atoms with Crippen molar-refractivity contribution in [3.05, 3.63) is 58.5 Å². The predicted octanol–water partition coefficient (Wildman–Crippen LogP) is 0.958. The zero-order valence-corrected chi connectivity index (χ0v) is 12.0. The van der Waals surface area contributed by atoms with Gasteiger partial charge in [-0.2, -0.15) is 4.31 Å². The van der Waals surface area contributed by atoms with Gasteiger partial charge in [-0.15, -0.1) is 0 Å². The maximum Gasteiger partial charge on any atom is 0.248 e. The lowest BCUT2D eigenvalue weighted by atomic mass is 10.2. The first-order chi connectivity index (χ1) is 10.1. The molecule has 7 heteroatoms. The van der Waals surface area contributed by atoms with E-state index in [-0.39, 0.29) is 24.6 Å². The van der Waals surface area contributed by atoms with E-state index in [2.05, 4.69) is 4.98 Å². The predicted molar refractivity (Wildman–Crippen MR) is 76.6 cm³/mol. The Morgan fingerprint density at radius 3 is 2.81 bits per heavy atom. The van der Waals surface area contributed by atoms with Crippen molar-refractivity contribution in [1.82, 2.24) is 9.29 Å². The van der Waals surface area contributed by atoms with E-state index >= 15 is 0 Å². The Bertz CT molecular complexity index is 813. The van der Waals surface area contributed by atoms with E-state index in [1.807, 2.05) is 18.2 Å². The maximum atomic E-state index is 12.6. The van der Waals surface area contributed by atoms with Gasteiger partial charge in [-0.1, -0.05) is 18.2 Å². The summed E-state index contributed by atoms with van der Waals surface area (Å²) in [6.45, 7) is 0.638. The molecule has 1 aromatic heterocycles. The zero-order valence-electron chi connectivity index (χ0n) is 11.2. The van der Waals surface area contributed by atoms with Crippen LogP contribution in [-0.2, 0) is 16.6 Å². The fraction of sp³-hybridized carbons (Fsp3) is 0.214. The van der Waals surface area contributed by atoms with Crippen molar-refractivity contribution in [1.29, 1.82) is 0 Å². The van der Waals surface area contributed by atoms with Gasteiger partial charge in [0.2, 0.25) is 15.5 Å². The van der Waals surface area contributed by atoms with E-state index in [1.54, 1.807) is 6.07 Å². The first kappa shape index (κ1) is 13.8. The van der Waals surface area contributed by atoms with E-state index in [1.165, 1.54) is 22.8 Å².